The molecule has 2 rings (SSSR count). The Morgan fingerprint density at radius 3 is 2.60 bits per heavy atom. The molecule has 0 aliphatic heterocycles. The van der Waals surface area contributed by atoms with Gasteiger partial charge in [0.05, 0.1) is 12.2 Å². The van der Waals surface area contributed by atoms with Gasteiger partial charge in [-0.25, -0.2) is 9.97 Å². The van der Waals surface area contributed by atoms with Gasteiger partial charge in [-0.1, -0.05) is 31.5 Å². The van der Waals surface area contributed by atoms with Crippen molar-refractivity contribution in [1.82, 2.24) is 15.0 Å². The van der Waals surface area contributed by atoms with Crippen LogP contribution in [0.1, 0.15) is 37.9 Å². The second-order valence-electron chi connectivity index (χ2n) is 4.89. The first-order valence-electron chi connectivity index (χ1n) is 6.78. The van der Waals surface area contributed by atoms with Crippen molar-refractivity contribution in [1.29, 1.82) is 0 Å². The van der Waals surface area contributed by atoms with E-state index < -0.39 is 0 Å². The van der Waals surface area contributed by atoms with Gasteiger partial charge in [0, 0.05) is 18.3 Å². The Morgan fingerprint density at radius 2 is 2.00 bits per heavy atom. The van der Waals surface area contributed by atoms with Gasteiger partial charge < -0.3 is 4.90 Å². The summed E-state index contributed by atoms with van der Waals surface area (Å²) in [6.45, 7) is 7.85. The fourth-order valence-corrected chi connectivity index (χ4v) is 2.48. The minimum Gasteiger partial charge on any atom is -0.351 e. The molecule has 0 amide bonds. The third-order valence-electron chi connectivity index (χ3n) is 3.15. The zero-order valence-corrected chi connectivity index (χ0v) is 12.8. The Morgan fingerprint density at radius 1 is 1.20 bits per heavy atom. The van der Waals surface area contributed by atoms with Crippen molar-refractivity contribution in [2.24, 2.45) is 0 Å². The van der Waals surface area contributed by atoms with E-state index in [4.69, 9.17) is 11.6 Å². The molecule has 0 atom stereocenters. The highest BCUT2D eigenvalue weighted by atomic mass is 35.5. The van der Waals surface area contributed by atoms with Crippen LogP contribution in [0.5, 0.6) is 0 Å². The van der Waals surface area contributed by atoms with Gasteiger partial charge >= 0.3 is 0 Å². The molecule has 106 valence electrons. The number of rotatable bonds is 5. The molecule has 2 aromatic heterocycles. The van der Waals surface area contributed by atoms with E-state index >= 15 is 0 Å². The molecule has 0 fully saturated rings. The van der Waals surface area contributed by atoms with E-state index in [1.807, 2.05) is 18.2 Å². The van der Waals surface area contributed by atoms with E-state index in [0.717, 1.165) is 23.6 Å². The quantitative estimate of drug-likeness (QED) is 0.788. The molecule has 2 heterocycles. The summed E-state index contributed by atoms with van der Waals surface area (Å²) in [6.07, 6.45) is 3.32. The van der Waals surface area contributed by atoms with Crippen molar-refractivity contribution in [3.05, 3.63) is 47.1 Å². The first kappa shape index (κ1) is 14.7. The van der Waals surface area contributed by atoms with E-state index in [2.05, 4.69) is 40.6 Å². The van der Waals surface area contributed by atoms with E-state index in [9.17, 15) is 0 Å². The molecular formula is C15H19ClN4. The Labute approximate surface area is 124 Å². The van der Waals surface area contributed by atoms with E-state index in [0.29, 0.717) is 11.7 Å². The lowest BCUT2D eigenvalue weighted by atomic mass is 10.1. The molecule has 5 heteroatoms. The number of aromatic nitrogens is 3. The highest BCUT2D eigenvalue weighted by molar-refractivity contribution is 6.30. The number of hydrogen-bond donors (Lipinski definition) is 0. The lowest BCUT2D eigenvalue weighted by molar-refractivity contribution is 0.759. The van der Waals surface area contributed by atoms with Crippen LogP contribution in [-0.2, 0) is 6.54 Å². The van der Waals surface area contributed by atoms with Gasteiger partial charge in [0.25, 0.3) is 0 Å². The van der Waals surface area contributed by atoms with Gasteiger partial charge in [-0.15, -0.1) is 0 Å². The monoisotopic (exact) mass is 290 g/mol. The molecule has 2 aromatic rings. The SMILES string of the molecule is CCN(Cc1ccccn1)c1ncnc(Cl)c1C(C)C. The molecular weight excluding hydrogens is 272 g/mol. The van der Waals surface area contributed by atoms with Crippen LogP contribution >= 0.6 is 11.6 Å². The predicted octanol–water partition coefficient (Wildman–Crippen LogP) is 3.67. The highest BCUT2D eigenvalue weighted by Gasteiger charge is 2.18. The number of hydrogen-bond acceptors (Lipinski definition) is 4. The average molecular weight is 291 g/mol. The van der Waals surface area contributed by atoms with Crippen LogP contribution in [-0.4, -0.2) is 21.5 Å². The Balaban J connectivity index is 2.35. The van der Waals surface area contributed by atoms with Crippen LogP contribution in [0.2, 0.25) is 5.15 Å². The first-order valence-corrected chi connectivity index (χ1v) is 7.16. The van der Waals surface area contributed by atoms with Crippen LogP contribution < -0.4 is 4.90 Å². The second kappa shape index (κ2) is 6.66. The van der Waals surface area contributed by atoms with Gasteiger partial charge in [-0.05, 0) is 25.0 Å². The molecule has 0 saturated carbocycles. The third kappa shape index (κ3) is 3.25. The van der Waals surface area contributed by atoms with Crippen LogP contribution in [0, 0.1) is 0 Å². The summed E-state index contributed by atoms with van der Waals surface area (Å²) in [4.78, 5) is 15.1. The van der Waals surface area contributed by atoms with Gasteiger partial charge in [-0.3, -0.25) is 4.98 Å². The molecule has 0 spiro atoms. The van der Waals surface area contributed by atoms with Crippen molar-refractivity contribution in [3.63, 3.8) is 0 Å². The molecule has 0 bridgehead atoms. The molecule has 4 nitrogen and oxygen atoms in total. The van der Waals surface area contributed by atoms with Gasteiger partial charge in [0.1, 0.15) is 17.3 Å². The average Bonchev–Trinajstić information content (AvgIpc) is 2.45. The molecule has 0 saturated heterocycles. The van der Waals surface area contributed by atoms with Crippen molar-refractivity contribution in [3.8, 4) is 0 Å². The fraction of sp³-hybridized carbons (Fsp3) is 0.400. The molecule has 20 heavy (non-hydrogen) atoms. The largest absolute Gasteiger partial charge is 0.351 e. The first-order chi connectivity index (χ1) is 9.63. The fourth-order valence-electron chi connectivity index (χ4n) is 2.14. The molecule has 0 radical (unpaired) electrons. The maximum atomic E-state index is 6.24. The molecule has 0 N–H and O–H groups in total. The molecule has 0 aliphatic rings. The van der Waals surface area contributed by atoms with E-state index in [1.165, 1.54) is 6.33 Å². The predicted molar refractivity (Wildman–Crippen MR) is 82.1 cm³/mol. The van der Waals surface area contributed by atoms with Crippen LogP contribution in [0.25, 0.3) is 0 Å². The van der Waals surface area contributed by atoms with Gasteiger partial charge in [0.15, 0.2) is 0 Å². The van der Waals surface area contributed by atoms with E-state index in [-0.39, 0.29) is 5.92 Å². The molecule has 0 aromatic carbocycles. The Kier molecular flexibility index (Phi) is 4.90. The summed E-state index contributed by atoms with van der Waals surface area (Å²) in [5.74, 6) is 1.17. The van der Waals surface area contributed by atoms with Gasteiger partial charge in [0.2, 0.25) is 0 Å². The smallest absolute Gasteiger partial charge is 0.138 e. The minimum absolute atomic E-state index is 0.275. The summed E-state index contributed by atoms with van der Waals surface area (Å²) in [7, 11) is 0. The van der Waals surface area contributed by atoms with Crippen molar-refractivity contribution < 1.29 is 0 Å². The molecule has 0 aliphatic carbocycles. The highest BCUT2D eigenvalue weighted by Crippen LogP contribution is 2.30. The topological polar surface area (TPSA) is 41.9 Å². The number of pyridine rings is 1. The number of anilines is 1. The lowest BCUT2D eigenvalue weighted by Gasteiger charge is -2.25. The summed E-state index contributed by atoms with van der Waals surface area (Å²) < 4.78 is 0. The summed E-state index contributed by atoms with van der Waals surface area (Å²) in [5, 5.41) is 0.532. The maximum absolute atomic E-state index is 6.24. The van der Waals surface area contributed by atoms with Crippen molar-refractivity contribution >= 4 is 17.4 Å². The Hall–Kier alpha value is -1.68. The van der Waals surface area contributed by atoms with E-state index in [1.54, 1.807) is 6.20 Å². The summed E-state index contributed by atoms with van der Waals surface area (Å²) >= 11 is 6.24. The maximum Gasteiger partial charge on any atom is 0.138 e. The van der Waals surface area contributed by atoms with Crippen molar-refractivity contribution in [2.75, 3.05) is 11.4 Å². The van der Waals surface area contributed by atoms with Crippen LogP contribution in [0.4, 0.5) is 5.82 Å². The number of halogens is 1. The minimum atomic E-state index is 0.275. The summed E-state index contributed by atoms with van der Waals surface area (Å²) in [6, 6.07) is 5.92. The number of nitrogens with zero attached hydrogens (tertiary/aromatic N) is 4. The van der Waals surface area contributed by atoms with Crippen LogP contribution in [0.3, 0.4) is 0 Å². The normalized spacial score (nSPS) is 10.8. The van der Waals surface area contributed by atoms with Crippen LogP contribution in [0.15, 0.2) is 30.7 Å². The zero-order valence-electron chi connectivity index (χ0n) is 12.0. The summed E-state index contributed by atoms with van der Waals surface area (Å²) in [5.41, 5.74) is 2.01. The second-order valence-corrected chi connectivity index (χ2v) is 5.25. The zero-order chi connectivity index (χ0) is 14.5. The lowest BCUT2D eigenvalue weighted by Crippen LogP contribution is -2.25. The third-order valence-corrected chi connectivity index (χ3v) is 3.45. The van der Waals surface area contributed by atoms with Crippen molar-refractivity contribution in [2.45, 2.75) is 33.2 Å². The standard InChI is InChI=1S/C15H19ClN4/c1-4-20(9-12-7-5-6-8-17-12)15-13(11(2)3)14(16)18-10-19-15/h5-8,10-11H,4,9H2,1-3H3. The molecule has 0 unspecified atom stereocenters. The Bertz CT molecular complexity index is 557. The van der Waals surface area contributed by atoms with Gasteiger partial charge in [-0.2, -0.15) is 0 Å².